The highest BCUT2D eigenvalue weighted by Crippen LogP contribution is 2.44. The summed E-state index contributed by atoms with van der Waals surface area (Å²) in [6.07, 6.45) is 2.24. The van der Waals surface area contributed by atoms with Crippen LogP contribution >= 0.6 is 0 Å². The topological polar surface area (TPSA) is 49.4 Å². The molecule has 0 aromatic heterocycles. The molecule has 0 radical (unpaired) electrons. The van der Waals surface area contributed by atoms with Crippen LogP contribution in [0.25, 0.3) is 0 Å². The van der Waals surface area contributed by atoms with Crippen LogP contribution in [0.4, 0.5) is 0 Å². The molecule has 1 atom stereocenters. The molecule has 1 fully saturated rings. The fourth-order valence-electron chi connectivity index (χ4n) is 4.34. The Balaban J connectivity index is 1.69. The van der Waals surface area contributed by atoms with Crippen LogP contribution in [-0.4, -0.2) is 30.3 Å². The predicted octanol–water partition coefficient (Wildman–Crippen LogP) is 3.08. The zero-order valence-electron chi connectivity index (χ0n) is 15.1. The molecule has 4 nitrogen and oxygen atoms in total. The first-order valence-electron chi connectivity index (χ1n) is 9.30. The standard InChI is InChI=1S/C22H24N2O2/c1-23-20(25)22(12-7-13-22)21(26)24-14-17-10-5-6-11-18(17)19(15-24)16-8-3-2-4-9-16/h2-6,8-11,19H,7,12-15H2,1H3,(H,23,25)/t19-/m0/s1. The summed E-state index contributed by atoms with van der Waals surface area (Å²) in [4.78, 5) is 27.7. The number of carbonyl (C=O) groups excluding carboxylic acids is 2. The second kappa shape index (κ2) is 6.60. The Morgan fingerprint density at radius 2 is 1.73 bits per heavy atom. The zero-order valence-corrected chi connectivity index (χ0v) is 15.1. The molecule has 0 spiro atoms. The van der Waals surface area contributed by atoms with E-state index in [2.05, 4.69) is 35.6 Å². The highest BCUT2D eigenvalue weighted by Gasteiger charge is 2.52. The third-order valence-electron chi connectivity index (χ3n) is 5.96. The van der Waals surface area contributed by atoms with Crippen molar-refractivity contribution in [2.75, 3.05) is 13.6 Å². The Morgan fingerprint density at radius 3 is 2.38 bits per heavy atom. The van der Waals surface area contributed by atoms with Gasteiger partial charge in [-0.1, -0.05) is 61.0 Å². The van der Waals surface area contributed by atoms with Gasteiger partial charge in [0.05, 0.1) is 0 Å². The average molecular weight is 348 g/mol. The van der Waals surface area contributed by atoms with Gasteiger partial charge in [-0.15, -0.1) is 0 Å². The van der Waals surface area contributed by atoms with E-state index in [9.17, 15) is 9.59 Å². The van der Waals surface area contributed by atoms with Gasteiger partial charge in [0.15, 0.2) is 0 Å². The molecule has 1 heterocycles. The zero-order chi connectivity index (χ0) is 18.1. The number of benzene rings is 2. The van der Waals surface area contributed by atoms with E-state index < -0.39 is 5.41 Å². The first-order chi connectivity index (χ1) is 12.7. The minimum atomic E-state index is -0.859. The van der Waals surface area contributed by atoms with Crippen LogP contribution in [0.15, 0.2) is 54.6 Å². The maximum absolute atomic E-state index is 13.4. The maximum atomic E-state index is 13.4. The van der Waals surface area contributed by atoms with Crippen LogP contribution in [0.2, 0.25) is 0 Å². The van der Waals surface area contributed by atoms with Crippen LogP contribution in [0.5, 0.6) is 0 Å². The fraction of sp³-hybridized carbons (Fsp3) is 0.364. The van der Waals surface area contributed by atoms with Crippen molar-refractivity contribution in [2.45, 2.75) is 31.7 Å². The molecule has 0 bridgehead atoms. The highest BCUT2D eigenvalue weighted by atomic mass is 16.2. The molecule has 0 unspecified atom stereocenters. The molecule has 2 aromatic rings. The number of hydrogen-bond donors (Lipinski definition) is 1. The molecule has 1 aliphatic carbocycles. The smallest absolute Gasteiger partial charge is 0.238 e. The van der Waals surface area contributed by atoms with Crippen LogP contribution in [0.3, 0.4) is 0 Å². The molecule has 4 heteroatoms. The van der Waals surface area contributed by atoms with Crippen molar-refractivity contribution in [1.29, 1.82) is 0 Å². The highest BCUT2D eigenvalue weighted by molar-refractivity contribution is 6.06. The Hall–Kier alpha value is -2.62. The van der Waals surface area contributed by atoms with Gasteiger partial charge in [0.25, 0.3) is 0 Å². The lowest BCUT2D eigenvalue weighted by atomic mass is 9.66. The van der Waals surface area contributed by atoms with E-state index >= 15 is 0 Å². The van der Waals surface area contributed by atoms with E-state index in [1.165, 1.54) is 16.7 Å². The summed E-state index contributed by atoms with van der Waals surface area (Å²) in [6.45, 7) is 1.20. The van der Waals surface area contributed by atoms with Crippen molar-refractivity contribution in [3.8, 4) is 0 Å². The molecule has 2 amide bonds. The first-order valence-corrected chi connectivity index (χ1v) is 9.30. The molecular formula is C22H24N2O2. The lowest BCUT2D eigenvalue weighted by Gasteiger charge is -2.44. The Kier molecular flexibility index (Phi) is 4.27. The Morgan fingerprint density at radius 1 is 1.04 bits per heavy atom. The van der Waals surface area contributed by atoms with Gasteiger partial charge in [0, 0.05) is 26.1 Å². The summed E-state index contributed by atoms with van der Waals surface area (Å²) >= 11 is 0. The van der Waals surface area contributed by atoms with Gasteiger partial charge in [0.1, 0.15) is 5.41 Å². The number of amides is 2. The summed E-state index contributed by atoms with van der Waals surface area (Å²) in [5.41, 5.74) is 2.81. The summed E-state index contributed by atoms with van der Waals surface area (Å²) < 4.78 is 0. The van der Waals surface area contributed by atoms with Crippen molar-refractivity contribution in [1.82, 2.24) is 10.2 Å². The molecule has 2 aliphatic rings. The summed E-state index contributed by atoms with van der Waals surface area (Å²) in [6, 6.07) is 18.7. The van der Waals surface area contributed by atoms with Crippen LogP contribution in [-0.2, 0) is 16.1 Å². The second-order valence-electron chi connectivity index (χ2n) is 7.36. The molecule has 26 heavy (non-hydrogen) atoms. The van der Waals surface area contributed by atoms with Crippen LogP contribution < -0.4 is 5.32 Å². The third-order valence-corrected chi connectivity index (χ3v) is 5.96. The van der Waals surface area contributed by atoms with Gasteiger partial charge in [-0.25, -0.2) is 0 Å². The van der Waals surface area contributed by atoms with E-state index in [4.69, 9.17) is 0 Å². The van der Waals surface area contributed by atoms with Crippen molar-refractivity contribution in [2.24, 2.45) is 5.41 Å². The maximum Gasteiger partial charge on any atom is 0.238 e. The van der Waals surface area contributed by atoms with E-state index in [0.717, 1.165) is 6.42 Å². The lowest BCUT2D eigenvalue weighted by Crippen LogP contribution is -2.56. The number of rotatable bonds is 3. The number of nitrogens with one attached hydrogen (secondary N) is 1. The van der Waals surface area contributed by atoms with Crippen LogP contribution in [0.1, 0.15) is 41.9 Å². The van der Waals surface area contributed by atoms with Gasteiger partial charge < -0.3 is 10.2 Å². The van der Waals surface area contributed by atoms with Crippen molar-refractivity contribution in [3.05, 3.63) is 71.3 Å². The molecular weight excluding hydrogens is 324 g/mol. The Bertz CT molecular complexity index is 827. The SMILES string of the molecule is CNC(=O)C1(C(=O)N2Cc3ccccc3[C@H](c3ccccc3)C2)CCC1. The monoisotopic (exact) mass is 348 g/mol. The third kappa shape index (κ3) is 2.61. The molecule has 2 aromatic carbocycles. The normalized spacial score (nSPS) is 20.7. The largest absolute Gasteiger partial charge is 0.358 e. The van der Waals surface area contributed by atoms with Gasteiger partial charge in [-0.3, -0.25) is 9.59 Å². The molecule has 1 saturated carbocycles. The summed E-state index contributed by atoms with van der Waals surface area (Å²) in [5, 5.41) is 2.70. The number of fused-ring (bicyclic) bond motifs is 1. The van der Waals surface area contributed by atoms with Gasteiger partial charge in [-0.05, 0) is 29.5 Å². The number of carbonyl (C=O) groups is 2. The van der Waals surface area contributed by atoms with Gasteiger partial charge in [-0.2, -0.15) is 0 Å². The van der Waals surface area contributed by atoms with E-state index in [0.29, 0.717) is 25.9 Å². The summed E-state index contributed by atoms with van der Waals surface area (Å²) in [7, 11) is 1.62. The minimum Gasteiger partial charge on any atom is -0.358 e. The fourth-order valence-corrected chi connectivity index (χ4v) is 4.34. The van der Waals surface area contributed by atoms with Crippen molar-refractivity contribution >= 4 is 11.8 Å². The second-order valence-corrected chi connectivity index (χ2v) is 7.36. The molecule has 0 saturated heterocycles. The van der Waals surface area contributed by atoms with Gasteiger partial charge in [0.2, 0.25) is 11.8 Å². The molecule has 1 N–H and O–H groups in total. The predicted molar refractivity (Wildman–Crippen MR) is 100 cm³/mol. The Labute approximate surface area is 154 Å². The minimum absolute atomic E-state index is 0.0152. The quantitative estimate of drug-likeness (QED) is 0.867. The first kappa shape index (κ1) is 16.8. The summed E-state index contributed by atoms with van der Waals surface area (Å²) in [5.74, 6) is -0.00526. The lowest BCUT2D eigenvalue weighted by molar-refractivity contribution is -0.157. The number of nitrogens with zero attached hydrogens (tertiary/aromatic N) is 1. The average Bonchev–Trinajstić information content (AvgIpc) is 2.66. The molecule has 1 aliphatic heterocycles. The molecule has 134 valence electrons. The van der Waals surface area contributed by atoms with Crippen molar-refractivity contribution < 1.29 is 9.59 Å². The van der Waals surface area contributed by atoms with Gasteiger partial charge >= 0.3 is 0 Å². The molecule has 4 rings (SSSR count). The number of hydrogen-bond acceptors (Lipinski definition) is 2. The van der Waals surface area contributed by atoms with E-state index in [1.807, 2.05) is 29.2 Å². The van der Waals surface area contributed by atoms with Crippen LogP contribution in [0, 0.1) is 5.41 Å². The van der Waals surface area contributed by atoms with E-state index in [1.54, 1.807) is 7.05 Å². The van der Waals surface area contributed by atoms with E-state index in [-0.39, 0.29) is 17.7 Å². The van der Waals surface area contributed by atoms with Crippen molar-refractivity contribution in [3.63, 3.8) is 0 Å².